The van der Waals surface area contributed by atoms with Gasteiger partial charge in [0.15, 0.2) is 0 Å². The number of hydrogen-bond donors (Lipinski definition) is 2. The van der Waals surface area contributed by atoms with E-state index in [0.29, 0.717) is 12.2 Å². The molecule has 106 valence electrons. The summed E-state index contributed by atoms with van der Waals surface area (Å²) in [5, 5.41) is 8.80. The predicted molar refractivity (Wildman–Crippen MR) is 63.8 cm³/mol. The summed E-state index contributed by atoms with van der Waals surface area (Å²) < 4.78 is 38.1. The number of aromatic amines is 1. The third kappa shape index (κ3) is 3.34. The second kappa shape index (κ2) is 6.18. The van der Waals surface area contributed by atoms with Gasteiger partial charge in [-0.05, 0) is 18.2 Å². The van der Waals surface area contributed by atoms with Gasteiger partial charge < -0.3 is 5.32 Å². The molecule has 0 radical (unpaired) electrons. The molecule has 2 rings (SSSR count). The van der Waals surface area contributed by atoms with Gasteiger partial charge in [-0.2, -0.15) is 5.10 Å². The summed E-state index contributed by atoms with van der Waals surface area (Å²) in [6.45, 7) is 0.270. The van der Waals surface area contributed by atoms with E-state index in [2.05, 4.69) is 20.5 Å². The molecule has 20 heavy (non-hydrogen) atoms. The standard InChI is InChI=1S/C12H11F3N4O/c13-9-5-7(1-2-8(9)11(14)15)12(20)16-4-3-10-17-6-18-19-10/h1-2,5-6,11H,3-4H2,(H,16,20)(H,17,18,19). The molecule has 0 atom stereocenters. The fourth-order valence-electron chi connectivity index (χ4n) is 1.59. The number of rotatable bonds is 5. The van der Waals surface area contributed by atoms with E-state index in [9.17, 15) is 18.0 Å². The highest BCUT2D eigenvalue weighted by Gasteiger charge is 2.15. The van der Waals surface area contributed by atoms with Crippen LogP contribution in [0, 0.1) is 5.82 Å². The number of alkyl halides is 2. The van der Waals surface area contributed by atoms with Gasteiger partial charge in [-0.25, -0.2) is 18.2 Å². The largest absolute Gasteiger partial charge is 0.352 e. The summed E-state index contributed by atoms with van der Waals surface area (Å²) in [6.07, 6.45) is -1.13. The first-order valence-electron chi connectivity index (χ1n) is 5.78. The molecule has 0 aliphatic carbocycles. The van der Waals surface area contributed by atoms with Crippen LogP contribution in [0.3, 0.4) is 0 Å². The molecule has 5 nitrogen and oxygen atoms in total. The topological polar surface area (TPSA) is 70.7 Å². The number of hydrogen-bond acceptors (Lipinski definition) is 3. The van der Waals surface area contributed by atoms with Gasteiger partial charge in [-0.3, -0.25) is 9.89 Å². The lowest BCUT2D eigenvalue weighted by atomic mass is 10.1. The minimum Gasteiger partial charge on any atom is -0.352 e. The lowest BCUT2D eigenvalue weighted by molar-refractivity contribution is 0.0952. The number of nitrogens with zero attached hydrogens (tertiary/aromatic N) is 2. The van der Waals surface area contributed by atoms with E-state index in [1.165, 1.54) is 6.33 Å². The third-order valence-electron chi connectivity index (χ3n) is 2.61. The summed E-state index contributed by atoms with van der Waals surface area (Å²) in [7, 11) is 0. The van der Waals surface area contributed by atoms with Gasteiger partial charge in [0.1, 0.15) is 18.0 Å². The van der Waals surface area contributed by atoms with Crippen molar-refractivity contribution >= 4 is 5.91 Å². The van der Waals surface area contributed by atoms with Gasteiger partial charge in [-0.15, -0.1) is 0 Å². The Balaban J connectivity index is 1.94. The van der Waals surface area contributed by atoms with E-state index in [1.54, 1.807) is 0 Å². The zero-order valence-corrected chi connectivity index (χ0v) is 10.2. The molecule has 1 aromatic heterocycles. The summed E-state index contributed by atoms with van der Waals surface area (Å²) in [4.78, 5) is 15.6. The molecule has 2 N–H and O–H groups in total. The first-order chi connectivity index (χ1) is 9.58. The van der Waals surface area contributed by atoms with Crippen LogP contribution in [0.2, 0.25) is 0 Å². The summed E-state index contributed by atoms with van der Waals surface area (Å²) in [5.74, 6) is -1.03. The van der Waals surface area contributed by atoms with Crippen molar-refractivity contribution in [2.75, 3.05) is 6.54 Å². The maximum Gasteiger partial charge on any atom is 0.266 e. The Hall–Kier alpha value is -2.38. The Morgan fingerprint density at radius 2 is 2.20 bits per heavy atom. The highest BCUT2D eigenvalue weighted by atomic mass is 19.3. The zero-order chi connectivity index (χ0) is 14.5. The number of carbonyl (C=O) groups is 1. The van der Waals surface area contributed by atoms with Crippen molar-refractivity contribution in [1.82, 2.24) is 20.5 Å². The van der Waals surface area contributed by atoms with Crippen molar-refractivity contribution in [3.05, 3.63) is 47.3 Å². The third-order valence-corrected chi connectivity index (χ3v) is 2.61. The highest BCUT2D eigenvalue weighted by Crippen LogP contribution is 2.22. The Kier molecular flexibility index (Phi) is 4.34. The molecule has 0 saturated heterocycles. The first-order valence-corrected chi connectivity index (χ1v) is 5.78. The number of aromatic nitrogens is 3. The summed E-state index contributed by atoms with van der Waals surface area (Å²) >= 11 is 0. The maximum absolute atomic E-state index is 13.3. The van der Waals surface area contributed by atoms with Crippen molar-refractivity contribution in [3.63, 3.8) is 0 Å². The van der Waals surface area contributed by atoms with Crippen molar-refractivity contribution in [2.24, 2.45) is 0 Å². The Morgan fingerprint density at radius 3 is 2.80 bits per heavy atom. The van der Waals surface area contributed by atoms with Crippen LogP contribution in [0.5, 0.6) is 0 Å². The molecule has 0 fully saturated rings. The monoisotopic (exact) mass is 284 g/mol. The van der Waals surface area contributed by atoms with Crippen LogP contribution in [0.4, 0.5) is 13.2 Å². The fourth-order valence-corrected chi connectivity index (χ4v) is 1.59. The molecule has 1 heterocycles. The molecular weight excluding hydrogens is 273 g/mol. The van der Waals surface area contributed by atoms with Gasteiger partial charge in [0.2, 0.25) is 0 Å². The second-order valence-electron chi connectivity index (χ2n) is 3.98. The average molecular weight is 284 g/mol. The number of benzene rings is 1. The number of amides is 1. The number of halogens is 3. The molecule has 0 bridgehead atoms. The zero-order valence-electron chi connectivity index (χ0n) is 10.2. The SMILES string of the molecule is O=C(NCCc1ncn[nH]1)c1ccc(C(F)F)c(F)c1. The highest BCUT2D eigenvalue weighted by molar-refractivity contribution is 5.94. The van der Waals surface area contributed by atoms with Crippen LogP contribution in [0.1, 0.15) is 28.2 Å². The van der Waals surface area contributed by atoms with Gasteiger partial charge in [-0.1, -0.05) is 0 Å². The molecule has 0 unspecified atom stereocenters. The maximum atomic E-state index is 13.3. The smallest absolute Gasteiger partial charge is 0.266 e. The van der Waals surface area contributed by atoms with Crippen molar-refractivity contribution in [1.29, 1.82) is 0 Å². The summed E-state index contributed by atoms with van der Waals surface area (Å²) in [5.41, 5.74) is -0.729. The first kappa shape index (κ1) is 14.0. The van der Waals surface area contributed by atoms with E-state index < -0.39 is 23.7 Å². The Labute approximate surface area is 112 Å². The minimum atomic E-state index is -2.90. The lowest BCUT2D eigenvalue weighted by Crippen LogP contribution is -2.26. The van der Waals surface area contributed by atoms with E-state index in [4.69, 9.17) is 0 Å². The predicted octanol–water partition coefficient (Wildman–Crippen LogP) is 1.85. The van der Waals surface area contributed by atoms with Crippen molar-refractivity contribution in [3.8, 4) is 0 Å². The van der Waals surface area contributed by atoms with Crippen molar-refractivity contribution < 1.29 is 18.0 Å². The van der Waals surface area contributed by atoms with Gasteiger partial charge in [0, 0.05) is 18.5 Å². The van der Waals surface area contributed by atoms with Crippen LogP contribution in [0.15, 0.2) is 24.5 Å². The van der Waals surface area contributed by atoms with Crippen LogP contribution in [-0.2, 0) is 6.42 Å². The Morgan fingerprint density at radius 1 is 1.40 bits per heavy atom. The minimum absolute atomic E-state index is 0.00975. The molecule has 1 amide bonds. The molecule has 8 heteroatoms. The van der Waals surface area contributed by atoms with Crippen LogP contribution >= 0.6 is 0 Å². The molecular formula is C12H11F3N4O. The summed E-state index contributed by atoms with van der Waals surface area (Å²) in [6, 6.07) is 2.87. The molecule has 0 saturated carbocycles. The molecule has 0 aliphatic rings. The average Bonchev–Trinajstić information content (AvgIpc) is 2.91. The molecule has 1 aromatic carbocycles. The van der Waals surface area contributed by atoms with Gasteiger partial charge in [0.25, 0.3) is 12.3 Å². The Bertz CT molecular complexity index is 586. The van der Waals surface area contributed by atoms with Crippen molar-refractivity contribution in [2.45, 2.75) is 12.8 Å². The molecule has 2 aromatic rings. The second-order valence-corrected chi connectivity index (χ2v) is 3.98. The van der Waals surface area contributed by atoms with E-state index in [1.807, 2.05) is 0 Å². The normalized spacial score (nSPS) is 10.8. The lowest BCUT2D eigenvalue weighted by Gasteiger charge is -2.06. The molecule has 0 aliphatic heterocycles. The molecule has 0 spiro atoms. The fraction of sp³-hybridized carbons (Fsp3) is 0.250. The number of carbonyl (C=O) groups excluding carboxylic acids is 1. The number of nitrogens with one attached hydrogen (secondary N) is 2. The van der Waals surface area contributed by atoms with Crippen LogP contribution in [-0.4, -0.2) is 27.6 Å². The van der Waals surface area contributed by atoms with Crippen LogP contribution < -0.4 is 5.32 Å². The van der Waals surface area contributed by atoms with E-state index in [-0.39, 0.29) is 12.1 Å². The quantitative estimate of drug-likeness (QED) is 0.880. The van der Waals surface area contributed by atoms with Gasteiger partial charge >= 0.3 is 0 Å². The number of H-pyrrole nitrogens is 1. The van der Waals surface area contributed by atoms with E-state index >= 15 is 0 Å². The van der Waals surface area contributed by atoms with Gasteiger partial charge in [0.05, 0.1) is 5.56 Å². The van der Waals surface area contributed by atoms with Crippen LogP contribution in [0.25, 0.3) is 0 Å². The van der Waals surface area contributed by atoms with E-state index in [0.717, 1.165) is 18.2 Å².